The predicted molar refractivity (Wildman–Crippen MR) is 89.6 cm³/mol. The van der Waals surface area contributed by atoms with Crippen molar-refractivity contribution in [2.75, 3.05) is 0 Å². The normalized spacial score (nSPS) is 14.0. The van der Waals surface area contributed by atoms with Crippen LogP contribution in [0.2, 0.25) is 0 Å². The van der Waals surface area contributed by atoms with Crippen molar-refractivity contribution < 1.29 is 5.11 Å². The summed E-state index contributed by atoms with van der Waals surface area (Å²) in [4.78, 5) is 0. The molecule has 0 aliphatic heterocycles. The fourth-order valence-corrected chi connectivity index (χ4v) is 3.28. The van der Waals surface area contributed by atoms with E-state index in [1.807, 2.05) is 30.3 Å². The first-order valence-corrected chi connectivity index (χ1v) is 7.81. The molecule has 1 unspecified atom stereocenters. The summed E-state index contributed by atoms with van der Waals surface area (Å²) in [5, 5.41) is 11.3. The highest BCUT2D eigenvalue weighted by Gasteiger charge is 2.29. The lowest BCUT2D eigenvalue weighted by Crippen LogP contribution is -2.29. The van der Waals surface area contributed by atoms with Gasteiger partial charge in [-0.15, -0.1) is 0 Å². The molecule has 1 atom stereocenters. The molecular formula is C20H26O. The maximum Gasteiger partial charge on any atom is 0.0936 e. The van der Waals surface area contributed by atoms with Gasteiger partial charge in [0.15, 0.2) is 0 Å². The van der Waals surface area contributed by atoms with Crippen molar-refractivity contribution in [3.05, 3.63) is 70.3 Å². The molecule has 0 saturated heterocycles. The summed E-state index contributed by atoms with van der Waals surface area (Å²) in [7, 11) is 0. The van der Waals surface area contributed by atoms with Crippen LogP contribution in [0, 0.1) is 20.8 Å². The Kier molecular flexibility index (Phi) is 4.84. The van der Waals surface area contributed by atoms with Crippen LogP contribution in [-0.4, -0.2) is 5.11 Å². The molecule has 0 bridgehead atoms. The summed E-state index contributed by atoms with van der Waals surface area (Å²) >= 11 is 0. The van der Waals surface area contributed by atoms with Crippen molar-refractivity contribution in [3.63, 3.8) is 0 Å². The van der Waals surface area contributed by atoms with Crippen molar-refractivity contribution in [1.29, 1.82) is 0 Å². The molecule has 0 radical (unpaired) electrons. The van der Waals surface area contributed by atoms with Gasteiger partial charge in [-0.1, -0.05) is 61.4 Å². The van der Waals surface area contributed by atoms with Gasteiger partial charge in [0, 0.05) is 6.42 Å². The molecule has 0 fully saturated rings. The van der Waals surface area contributed by atoms with Crippen LogP contribution in [0.1, 0.15) is 47.6 Å². The molecule has 1 nitrogen and oxygen atoms in total. The Balaban J connectivity index is 2.42. The Morgan fingerprint density at radius 1 is 0.952 bits per heavy atom. The molecule has 0 aromatic heterocycles. The minimum atomic E-state index is -0.777. The van der Waals surface area contributed by atoms with Gasteiger partial charge in [0.2, 0.25) is 0 Å². The summed E-state index contributed by atoms with van der Waals surface area (Å²) in [5.74, 6) is 0. The fourth-order valence-electron chi connectivity index (χ4n) is 3.28. The van der Waals surface area contributed by atoms with E-state index in [0.717, 1.165) is 18.4 Å². The average molecular weight is 282 g/mol. The third kappa shape index (κ3) is 3.54. The molecule has 2 rings (SSSR count). The lowest BCUT2D eigenvalue weighted by atomic mass is 9.81. The highest BCUT2D eigenvalue weighted by atomic mass is 16.3. The van der Waals surface area contributed by atoms with E-state index in [9.17, 15) is 5.11 Å². The van der Waals surface area contributed by atoms with Crippen LogP contribution in [0.5, 0.6) is 0 Å². The molecule has 0 aliphatic carbocycles. The first-order valence-electron chi connectivity index (χ1n) is 7.81. The maximum atomic E-state index is 11.3. The van der Waals surface area contributed by atoms with Gasteiger partial charge in [-0.05, 0) is 49.4 Å². The molecule has 0 aliphatic rings. The summed E-state index contributed by atoms with van der Waals surface area (Å²) in [5.41, 5.74) is 5.36. The maximum absolute atomic E-state index is 11.3. The first kappa shape index (κ1) is 15.8. The molecule has 112 valence electrons. The van der Waals surface area contributed by atoms with E-state index in [4.69, 9.17) is 0 Å². The second-order valence-electron chi connectivity index (χ2n) is 6.20. The predicted octanol–water partition coefficient (Wildman–Crippen LogP) is 4.84. The molecule has 0 amide bonds. The third-order valence-electron chi connectivity index (χ3n) is 4.28. The van der Waals surface area contributed by atoms with Crippen LogP contribution >= 0.6 is 0 Å². The lowest BCUT2D eigenvalue weighted by molar-refractivity contribution is 0.0266. The van der Waals surface area contributed by atoms with Crippen molar-refractivity contribution in [2.45, 2.75) is 52.6 Å². The van der Waals surface area contributed by atoms with Gasteiger partial charge in [-0.2, -0.15) is 0 Å². The van der Waals surface area contributed by atoms with Crippen LogP contribution in [0.25, 0.3) is 0 Å². The van der Waals surface area contributed by atoms with Gasteiger partial charge in [0.25, 0.3) is 0 Å². The number of aryl methyl sites for hydroxylation is 3. The Bertz CT molecular complexity index is 577. The quantitative estimate of drug-likeness (QED) is 0.831. The van der Waals surface area contributed by atoms with Crippen molar-refractivity contribution in [2.24, 2.45) is 0 Å². The minimum absolute atomic E-state index is 0.683. The van der Waals surface area contributed by atoms with Crippen LogP contribution in [0.3, 0.4) is 0 Å². The van der Waals surface area contributed by atoms with Gasteiger partial charge >= 0.3 is 0 Å². The SMILES string of the molecule is CCCC(O)(Cc1c(C)cc(C)cc1C)c1ccccc1. The topological polar surface area (TPSA) is 20.2 Å². The van der Waals surface area contributed by atoms with Crippen LogP contribution in [-0.2, 0) is 12.0 Å². The zero-order valence-electron chi connectivity index (χ0n) is 13.6. The lowest BCUT2D eigenvalue weighted by Gasteiger charge is -2.30. The first-order chi connectivity index (χ1) is 9.96. The molecule has 0 heterocycles. The molecule has 1 heteroatoms. The van der Waals surface area contributed by atoms with E-state index in [-0.39, 0.29) is 0 Å². The van der Waals surface area contributed by atoms with Crippen molar-refractivity contribution in [3.8, 4) is 0 Å². The highest BCUT2D eigenvalue weighted by Crippen LogP contribution is 2.33. The van der Waals surface area contributed by atoms with Gasteiger partial charge in [0.1, 0.15) is 0 Å². The molecule has 0 spiro atoms. The average Bonchev–Trinajstić information content (AvgIpc) is 2.44. The molecular weight excluding hydrogens is 256 g/mol. The molecule has 2 aromatic rings. The number of hydrogen-bond acceptors (Lipinski definition) is 1. The standard InChI is InChI=1S/C20H26O/c1-5-11-20(21,18-9-7-6-8-10-18)14-19-16(3)12-15(2)13-17(19)4/h6-10,12-13,21H,5,11,14H2,1-4H3. The zero-order chi connectivity index (χ0) is 15.5. The molecule has 21 heavy (non-hydrogen) atoms. The van der Waals surface area contributed by atoms with E-state index in [0.29, 0.717) is 6.42 Å². The van der Waals surface area contributed by atoms with E-state index in [1.165, 1.54) is 22.3 Å². The zero-order valence-corrected chi connectivity index (χ0v) is 13.6. The van der Waals surface area contributed by atoms with Gasteiger partial charge in [-0.25, -0.2) is 0 Å². The highest BCUT2D eigenvalue weighted by molar-refractivity contribution is 5.39. The smallest absolute Gasteiger partial charge is 0.0936 e. The van der Waals surface area contributed by atoms with Gasteiger partial charge in [-0.3, -0.25) is 0 Å². The molecule has 1 N–H and O–H groups in total. The molecule has 0 saturated carbocycles. The molecule has 2 aromatic carbocycles. The van der Waals surface area contributed by atoms with Crippen molar-refractivity contribution in [1.82, 2.24) is 0 Å². The van der Waals surface area contributed by atoms with Gasteiger partial charge < -0.3 is 5.11 Å². The van der Waals surface area contributed by atoms with Crippen LogP contribution < -0.4 is 0 Å². The number of aliphatic hydroxyl groups is 1. The van der Waals surface area contributed by atoms with Crippen LogP contribution in [0.15, 0.2) is 42.5 Å². The summed E-state index contributed by atoms with van der Waals surface area (Å²) in [6, 6.07) is 14.5. The monoisotopic (exact) mass is 282 g/mol. The number of hydrogen-bond donors (Lipinski definition) is 1. The third-order valence-corrected chi connectivity index (χ3v) is 4.28. The second-order valence-corrected chi connectivity index (χ2v) is 6.20. The largest absolute Gasteiger partial charge is 0.385 e. The van der Waals surface area contributed by atoms with Gasteiger partial charge in [0.05, 0.1) is 5.60 Å². The van der Waals surface area contributed by atoms with E-state index < -0.39 is 5.60 Å². The van der Waals surface area contributed by atoms with E-state index >= 15 is 0 Å². The summed E-state index contributed by atoms with van der Waals surface area (Å²) in [6.07, 6.45) is 2.43. The second kappa shape index (κ2) is 6.44. The minimum Gasteiger partial charge on any atom is -0.385 e. The summed E-state index contributed by atoms with van der Waals surface area (Å²) in [6.45, 7) is 8.54. The number of rotatable bonds is 5. The Labute approximate surface area is 128 Å². The fraction of sp³-hybridized carbons (Fsp3) is 0.400. The van der Waals surface area contributed by atoms with E-state index in [1.54, 1.807) is 0 Å². The Morgan fingerprint density at radius 2 is 1.52 bits per heavy atom. The number of benzene rings is 2. The summed E-state index contributed by atoms with van der Waals surface area (Å²) < 4.78 is 0. The Hall–Kier alpha value is -1.60. The Morgan fingerprint density at radius 3 is 2.05 bits per heavy atom. The van der Waals surface area contributed by atoms with E-state index in [2.05, 4.69) is 39.8 Å². The van der Waals surface area contributed by atoms with Crippen LogP contribution in [0.4, 0.5) is 0 Å². The van der Waals surface area contributed by atoms with Crippen molar-refractivity contribution >= 4 is 0 Å².